The first kappa shape index (κ1) is 30.5. The van der Waals surface area contributed by atoms with E-state index in [4.69, 9.17) is 4.74 Å². The highest BCUT2D eigenvalue weighted by Gasteiger charge is 2.72. The highest BCUT2D eigenvalue weighted by molar-refractivity contribution is 5.75. The first-order valence-electron chi connectivity index (χ1n) is 18.0. The Morgan fingerprint density at radius 2 is 1.67 bits per heavy atom. The van der Waals surface area contributed by atoms with Crippen molar-refractivity contribution in [3.63, 3.8) is 0 Å². The van der Waals surface area contributed by atoms with Gasteiger partial charge in [-0.15, -0.1) is 0 Å². The Balaban J connectivity index is 1.21. The van der Waals surface area contributed by atoms with Gasteiger partial charge in [-0.1, -0.05) is 60.6 Å². The number of fused-ring (bicyclic) bond motifs is 7. The number of ether oxygens (including phenoxy) is 1. The minimum Gasteiger partial charge on any atom is -0.481 e. The van der Waals surface area contributed by atoms with Gasteiger partial charge in [-0.25, -0.2) is 4.39 Å². The molecule has 0 aromatic carbocycles. The Hall–Kier alpha value is -1.16. The Morgan fingerprint density at radius 1 is 0.930 bits per heavy atom. The quantitative estimate of drug-likeness (QED) is 0.322. The van der Waals surface area contributed by atoms with Gasteiger partial charge < -0.3 is 9.84 Å². The summed E-state index contributed by atoms with van der Waals surface area (Å²) in [6.07, 6.45) is 18.7. The molecule has 0 aromatic rings. The summed E-state index contributed by atoms with van der Waals surface area (Å²) in [4.78, 5) is 11.9. The second-order valence-corrected chi connectivity index (χ2v) is 18.4. The molecule has 0 aromatic heterocycles. The number of epoxide rings is 1. The van der Waals surface area contributed by atoms with Gasteiger partial charge in [-0.3, -0.25) is 4.79 Å². The zero-order valence-electron chi connectivity index (χ0n) is 28.2. The van der Waals surface area contributed by atoms with E-state index in [1.54, 1.807) is 0 Å². The number of hydrogen-bond donors (Lipinski definition) is 1. The summed E-state index contributed by atoms with van der Waals surface area (Å²) in [7, 11) is 0. The Labute approximate surface area is 260 Å². The van der Waals surface area contributed by atoms with E-state index in [2.05, 4.69) is 60.6 Å². The van der Waals surface area contributed by atoms with Crippen LogP contribution in [0.2, 0.25) is 0 Å². The van der Waals surface area contributed by atoms with Crippen molar-refractivity contribution < 1.29 is 19.0 Å². The largest absolute Gasteiger partial charge is 0.481 e. The number of rotatable bonds is 5. The van der Waals surface area contributed by atoms with Gasteiger partial charge in [-0.05, 0) is 145 Å². The van der Waals surface area contributed by atoms with Crippen molar-refractivity contribution in [2.24, 2.45) is 68.0 Å². The molecule has 7 aliphatic rings. The summed E-state index contributed by atoms with van der Waals surface area (Å²) in [6.45, 7) is 18.3. The van der Waals surface area contributed by atoms with Crippen LogP contribution in [-0.2, 0) is 9.53 Å². The average molecular weight is 595 g/mol. The van der Waals surface area contributed by atoms with Crippen LogP contribution in [0.4, 0.5) is 4.39 Å². The van der Waals surface area contributed by atoms with Gasteiger partial charge in [0, 0.05) is 5.41 Å². The fraction of sp³-hybridized carbons (Fsp3) is 0.872. The molecule has 3 nitrogen and oxygen atoms in total. The standard InChI is InChI=1S/C39H59FO3/c1-24(2)26-12-19-39(31-22-43-31)21-20-36(6)28(32(26)39)8-9-30-35(5)15-13-27(34(3,4)29(35)14-16-37(30,36)7)25-10-17-38(23-40,18-11-25)33(41)42/h10,13,24,26,28-32H,8-9,11-12,14-23H2,1-7H3,(H,41,42)/t26-,28+,29-,30+,31?,32+,35-,36+,37+,38?,39+/m0/s1. The maximum absolute atomic E-state index is 13.9. The fourth-order valence-corrected chi connectivity index (χ4v) is 14.0. The molecule has 11 atom stereocenters. The van der Waals surface area contributed by atoms with Crippen molar-refractivity contribution in [1.82, 2.24) is 0 Å². The minimum atomic E-state index is -1.23. The highest BCUT2D eigenvalue weighted by Crippen LogP contribution is 2.78. The Bertz CT molecular complexity index is 1230. The Kier molecular flexibility index (Phi) is 6.86. The second-order valence-electron chi connectivity index (χ2n) is 18.4. The number of carboxylic acid groups (broad SMARTS) is 1. The van der Waals surface area contributed by atoms with Crippen LogP contribution in [0.5, 0.6) is 0 Å². The van der Waals surface area contributed by atoms with Crippen molar-refractivity contribution in [2.45, 2.75) is 132 Å². The van der Waals surface area contributed by atoms with E-state index in [0.717, 1.165) is 42.6 Å². The van der Waals surface area contributed by atoms with Crippen molar-refractivity contribution in [2.75, 3.05) is 13.3 Å². The molecule has 1 saturated heterocycles. The van der Waals surface area contributed by atoms with Crippen LogP contribution < -0.4 is 0 Å². The van der Waals surface area contributed by atoms with Crippen LogP contribution in [0, 0.1) is 68.0 Å². The van der Waals surface area contributed by atoms with Crippen molar-refractivity contribution in [3.05, 3.63) is 23.3 Å². The number of aliphatic carboxylic acids is 1. The van der Waals surface area contributed by atoms with Gasteiger partial charge in [0.25, 0.3) is 0 Å². The van der Waals surface area contributed by atoms with Gasteiger partial charge in [0.2, 0.25) is 0 Å². The zero-order valence-corrected chi connectivity index (χ0v) is 28.2. The molecule has 1 N–H and O–H groups in total. The van der Waals surface area contributed by atoms with E-state index < -0.39 is 18.1 Å². The molecule has 1 heterocycles. The molecule has 4 heteroatoms. The average Bonchev–Trinajstić information content (AvgIpc) is 3.74. The number of hydrogen-bond acceptors (Lipinski definition) is 2. The van der Waals surface area contributed by atoms with E-state index in [0.29, 0.717) is 47.5 Å². The van der Waals surface area contributed by atoms with Gasteiger partial charge in [0.05, 0.1) is 18.1 Å². The summed E-state index contributed by atoms with van der Waals surface area (Å²) in [5.41, 5.74) is 3.01. The number of carbonyl (C=O) groups is 1. The lowest BCUT2D eigenvalue weighted by Gasteiger charge is -2.72. The van der Waals surface area contributed by atoms with Crippen LogP contribution in [0.15, 0.2) is 23.3 Å². The van der Waals surface area contributed by atoms with Gasteiger partial charge in [0.1, 0.15) is 6.67 Å². The molecule has 0 radical (unpaired) electrons. The number of alkyl halides is 1. The van der Waals surface area contributed by atoms with Crippen LogP contribution >= 0.6 is 0 Å². The van der Waals surface area contributed by atoms with Crippen molar-refractivity contribution >= 4 is 5.97 Å². The molecule has 0 amide bonds. The third kappa shape index (κ3) is 3.89. The van der Waals surface area contributed by atoms with E-state index in [1.807, 2.05) is 0 Å². The molecule has 2 unspecified atom stereocenters. The van der Waals surface area contributed by atoms with Crippen molar-refractivity contribution in [3.8, 4) is 0 Å². The summed E-state index contributed by atoms with van der Waals surface area (Å²) in [6, 6.07) is 0. The predicted octanol–water partition coefficient (Wildman–Crippen LogP) is 9.81. The lowest BCUT2D eigenvalue weighted by molar-refractivity contribution is -0.230. The lowest BCUT2D eigenvalue weighted by atomic mass is 9.32. The number of halogens is 1. The molecular weight excluding hydrogens is 535 g/mol. The maximum Gasteiger partial charge on any atom is 0.312 e. The normalized spacial score (nSPS) is 51.8. The number of allylic oxidation sites excluding steroid dienone is 4. The number of carboxylic acids is 1. The van der Waals surface area contributed by atoms with Crippen LogP contribution in [0.1, 0.15) is 126 Å². The summed E-state index contributed by atoms with van der Waals surface area (Å²) >= 11 is 0. The summed E-state index contributed by atoms with van der Waals surface area (Å²) in [5, 5.41) is 9.76. The molecule has 4 saturated carbocycles. The summed E-state index contributed by atoms with van der Waals surface area (Å²) < 4.78 is 20.1. The first-order valence-corrected chi connectivity index (χ1v) is 18.0. The van der Waals surface area contributed by atoms with Crippen molar-refractivity contribution in [1.29, 1.82) is 0 Å². The zero-order chi connectivity index (χ0) is 30.8. The molecule has 0 bridgehead atoms. The fourth-order valence-electron chi connectivity index (χ4n) is 14.0. The molecule has 240 valence electrons. The van der Waals surface area contributed by atoms with Gasteiger partial charge in [-0.2, -0.15) is 0 Å². The first-order chi connectivity index (χ1) is 20.2. The lowest BCUT2D eigenvalue weighted by Crippen LogP contribution is -2.66. The molecule has 0 spiro atoms. The predicted molar refractivity (Wildman–Crippen MR) is 170 cm³/mol. The van der Waals surface area contributed by atoms with Crippen LogP contribution in [-0.4, -0.2) is 30.5 Å². The van der Waals surface area contributed by atoms with Crippen LogP contribution in [0.3, 0.4) is 0 Å². The van der Waals surface area contributed by atoms with E-state index in [-0.39, 0.29) is 10.8 Å². The smallest absolute Gasteiger partial charge is 0.312 e. The topological polar surface area (TPSA) is 49.8 Å². The SMILES string of the molecule is CC(C)[C@@H]1CC[C@]2(C3CO3)CC[C@]3(C)[C@H](CC[C@@H]4[C@@]5(C)CC=C(C6=CCC(CF)(C(=O)O)CC6)C(C)(C)[C@@H]5CC[C@]43C)[C@@H]12. The van der Waals surface area contributed by atoms with Crippen LogP contribution in [0.25, 0.3) is 0 Å². The van der Waals surface area contributed by atoms with E-state index in [1.165, 1.54) is 62.5 Å². The maximum atomic E-state index is 13.9. The molecule has 6 aliphatic carbocycles. The minimum absolute atomic E-state index is 0.0378. The van der Waals surface area contributed by atoms with E-state index in [9.17, 15) is 14.3 Å². The molecule has 1 aliphatic heterocycles. The third-order valence-corrected chi connectivity index (χ3v) is 16.6. The second kappa shape index (κ2) is 9.68. The molecule has 43 heavy (non-hydrogen) atoms. The highest BCUT2D eigenvalue weighted by atomic mass is 19.1. The molecule has 5 fully saturated rings. The van der Waals surface area contributed by atoms with Gasteiger partial charge in [0.15, 0.2) is 0 Å². The monoisotopic (exact) mass is 594 g/mol. The molecular formula is C39H59FO3. The molecule has 7 rings (SSSR count). The van der Waals surface area contributed by atoms with Gasteiger partial charge >= 0.3 is 5.97 Å². The third-order valence-electron chi connectivity index (χ3n) is 16.6. The summed E-state index contributed by atoms with van der Waals surface area (Å²) in [5.74, 6) is 3.62. The Morgan fingerprint density at radius 3 is 2.28 bits per heavy atom. The van der Waals surface area contributed by atoms with E-state index >= 15 is 0 Å².